The van der Waals surface area contributed by atoms with Crippen molar-refractivity contribution in [3.8, 4) is 5.75 Å². The van der Waals surface area contributed by atoms with E-state index < -0.39 is 67.6 Å². The fourth-order valence-corrected chi connectivity index (χ4v) is 6.86. The number of fused-ring (bicyclic) bond motifs is 2. The van der Waals surface area contributed by atoms with Gasteiger partial charge < -0.3 is 54.7 Å². The Kier molecular flexibility index (Phi) is 9.89. The van der Waals surface area contributed by atoms with E-state index in [4.69, 9.17) is 28.7 Å². The fourth-order valence-electron chi connectivity index (χ4n) is 6.46. The Morgan fingerprint density at radius 1 is 1.10 bits per heavy atom. The maximum absolute atomic E-state index is 11.9. The van der Waals surface area contributed by atoms with Gasteiger partial charge in [-0.05, 0) is 65.0 Å². The molecule has 1 aliphatic carbocycles. The molecule has 2 aliphatic heterocycles. The Morgan fingerprint density at radius 2 is 1.76 bits per heavy atom. The van der Waals surface area contributed by atoms with Crippen molar-refractivity contribution >= 4 is 7.82 Å². The van der Waals surface area contributed by atoms with Crippen LogP contribution in [0.5, 0.6) is 5.75 Å². The van der Waals surface area contributed by atoms with Crippen molar-refractivity contribution in [1.82, 2.24) is 16.0 Å². The van der Waals surface area contributed by atoms with Crippen LogP contribution in [0.15, 0.2) is 24.3 Å². The molecule has 0 bridgehead atoms. The lowest BCUT2D eigenvalue weighted by Gasteiger charge is -2.64. The Bertz CT molecular complexity index is 1080. The number of aryl methyl sites for hydroxylation is 1. The van der Waals surface area contributed by atoms with E-state index in [-0.39, 0.29) is 18.7 Å². The van der Waals surface area contributed by atoms with Crippen LogP contribution >= 0.6 is 7.82 Å². The van der Waals surface area contributed by atoms with Crippen molar-refractivity contribution in [2.45, 2.75) is 92.9 Å². The summed E-state index contributed by atoms with van der Waals surface area (Å²) in [6.07, 6.45) is -2.90. The van der Waals surface area contributed by atoms with Crippen LogP contribution in [0, 0.1) is 0 Å². The SMILES string of the molecule is CN[C@@H]1[C@H](O)[C@H](NC)[C@H]2O[C@]3(O)[C@@H](O[C@H](C)C[C@@]3(O)CNCCCc3ccc(OP(=O)(O)O)cc3)O[C@]2(C)[C@H]1OC. The molecule has 4 rings (SSSR count). The Labute approximate surface area is 239 Å². The number of phosphoric ester groups is 1. The topological polar surface area (TPSA) is 200 Å². The molecule has 3 aliphatic rings. The monoisotopic (exact) mass is 605 g/mol. The highest BCUT2D eigenvalue weighted by atomic mass is 31.2. The third kappa shape index (κ3) is 6.36. The van der Waals surface area contributed by atoms with Gasteiger partial charge in [0.15, 0.2) is 0 Å². The minimum Gasteiger partial charge on any atom is -0.404 e. The largest absolute Gasteiger partial charge is 0.524 e. The molecule has 41 heavy (non-hydrogen) atoms. The molecule has 1 saturated carbocycles. The molecule has 1 aromatic rings. The molecular weight excluding hydrogens is 561 g/mol. The number of hydrogen-bond donors (Lipinski definition) is 8. The maximum Gasteiger partial charge on any atom is 0.524 e. The van der Waals surface area contributed by atoms with Gasteiger partial charge in [0.2, 0.25) is 12.1 Å². The van der Waals surface area contributed by atoms with Gasteiger partial charge in [-0.1, -0.05) is 12.1 Å². The molecule has 0 spiro atoms. The van der Waals surface area contributed by atoms with E-state index in [9.17, 15) is 19.9 Å². The van der Waals surface area contributed by atoms with Crippen LogP contribution in [-0.4, -0.2) is 119 Å². The zero-order chi connectivity index (χ0) is 30.2. The van der Waals surface area contributed by atoms with Crippen LogP contribution in [0.1, 0.15) is 32.3 Å². The van der Waals surface area contributed by atoms with Crippen molar-refractivity contribution < 1.29 is 53.1 Å². The van der Waals surface area contributed by atoms with Crippen molar-refractivity contribution in [3.63, 3.8) is 0 Å². The fraction of sp³-hybridized carbons (Fsp3) is 0.769. The number of likely N-dealkylation sites (N-methyl/N-ethyl adjacent to an activating group) is 2. The van der Waals surface area contributed by atoms with Gasteiger partial charge in [0, 0.05) is 20.1 Å². The minimum atomic E-state index is -4.61. The van der Waals surface area contributed by atoms with Gasteiger partial charge >= 0.3 is 7.82 Å². The normalized spacial score (nSPS) is 41.0. The first kappa shape index (κ1) is 32.7. The first-order valence-corrected chi connectivity index (χ1v) is 15.3. The molecule has 0 unspecified atom stereocenters. The van der Waals surface area contributed by atoms with E-state index in [0.29, 0.717) is 19.4 Å². The summed E-state index contributed by atoms with van der Waals surface area (Å²) < 4.78 is 40.1. The quantitative estimate of drug-likeness (QED) is 0.112. The third-order valence-electron chi connectivity index (χ3n) is 8.46. The predicted octanol–water partition coefficient (Wildman–Crippen LogP) is -1.03. The maximum atomic E-state index is 11.9. The van der Waals surface area contributed by atoms with E-state index in [1.807, 2.05) is 0 Å². The smallest absolute Gasteiger partial charge is 0.404 e. The molecule has 0 aromatic heterocycles. The number of hydrogen-bond acceptors (Lipinski definition) is 12. The number of methoxy groups -OCH3 is 1. The first-order chi connectivity index (χ1) is 19.2. The van der Waals surface area contributed by atoms with Crippen LogP contribution in [0.3, 0.4) is 0 Å². The second-order valence-corrected chi connectivity index (χ2v) is 12.5. The summed E-state index contributed by atoms with van der Waals surface area (Å²) in [6.45, 7) is 4.05. The molecule has 0 radical (unpaired) electrons. The van der Waals surface area contributed by atoms with Crippen molar-refractivity contribution in [1.29, 1.82) is 0 Å². The van der Waals surface area contributed by atoms with E-state index in [1.54, 1.807) is 40.1 Å². The summed E-state index contributed by atoms with van der Waals surface area (Å²) in [6, 6.07) is 5.25. The number of phosphoric acid groups is 1. The Balaban J connectivity index is 1.44. The lowest BCUT2D eigenvalue weighted by molar-refractivity contribution is -0.499. The van der Waals surface area contributed by atoms with Crippen molar-refractivity contribution in [2.75, 3.05) is 34.3 Å². The first-order valence-electron chi connectivity index (χ1n) is 13.8. The molecule has 3 fully saturated rings. The zero-order valence-electron chi connectivity index (χ0n) is 24.0. The molecule has 8 N–H and O–H groups in total. The van der Waals surface area contributed by atoms with Crippen LogP contribution in [0.2, 0.25) is 0 Å². The number of benzene rings is 1. The highest BCUT2D eigenvalue weighted by Crippen LogP contribution is 2.50. The summed E-state index contributed by atoms with van der Waals surface area (Å²) in [5.74, 6) is -2.17. The highest BCUT2D eigenvalue weighted by molar-refractivity contribution is 7.46. The minimum absolute atomic E-state index is 0.0187. The van der Waals surface area contributed by atoms with Gasteiger partial charge in [-0.2, -0.15) is 0 Å². The number of ether oxygens (including phenoxy) is 4. The average molecular weight is 606 g/mol. The molecule has 234 valence electrons. The van der Waals surface area contributed by atoms with E-state index in [0.717, 1.165) is 5.56 Å². The summed E-state index contributed by atoms with van der Waals surface area (Å²) >= 11 is 0. The summed E-state index contributed by atoms with van der Waals surface area (Å²) in [5.41, 5.74) is -2.00. The molecule has 2 saturated heterocycles. The second-order valence-electron chi connectivity index (χ2n) is 11.3. The number of aliphatic hydroxyl groups excluding tert-OH is 1. The number of aliphatic hydroxyl groups is 3. The summed E-state index contributed by atoms with van der Waals surface area (Å²) in [7, 11) is 0.304. The van der Waals surface area contributed by atoms with Crippen LogP contribution < -0.4 is 20.5 Å². The van der Waals surface area contributed by atoms with Gasteiger partial charge in [-0.15, -0.1) is 0 Å². The Hall–Kier alpha value is -1.23. The Morgan fingerprint density at radius 3 is 2.34 bits per heavy atom. The third-order valence-corrected chi connectivity index (χ3v) is 8.91. The van der Waals surface area contributed by atoms with Gasteiger partial charge in [0.1, 0.15) is 29.2 Å². The molecule has 2 heterocycles. The number of rotatable bonds is 11. The predicted molar refractivity (Wildman–Crippen MR) is 146 cm³/mol. The molecule has 1 aromatic carbocycles. The molecular formula is C26H44N3O11P. The zero-order valence-corrected chi connectivity index (χ0v) is 24.9. The van der Waals surface area contributed by atoms with E-state index >= 15 is 0 Å². The van der Waals surface area contributed by atoms with Crippen LogP contribution in [0.25, 0.3) is 0 Å². The van der Waals surface area contributed by atoms with Gasteiger partial charge in [0.05, 0.1) is 24.3 Å². The second kappa shape index (κ2) is 12.4. The lowest BCUT2D eigenvalue weighted by Crippen LogP contribution is -2.84. The van der Waals surface area contributed by atoms with E-state index in [2.05, 4.69) is 20.5 Å². The standard InChI is InChI=1S/C26H44N3O11P/c1-15-13-25(31,14-29-12-6-7-16-8-10-17(11-9-16)40-41(33,34)35)26(32)23(37-15)39-24(2)21(36-5)18(27-3)20(30)19(28-4)22(24)38-26/h8-11,15,18-23,27-32H,6-7,12-14H2,1-5H3,(H2,33,34,35)/t15-,18-,19+,20+,21+,22-,23+,24-,25-,26-/m1/s1. The average Bonchev–Trinajstić information content (AvgIpc) is 2.88. The van der Waals surface area contributed by atoms with Crippen LogP contribution in [-0.2, 0) is 29.9 Å². The summed E-state index contributed by atoms with van der Waals surface area (Å²) in [4.78, 5) is 17.8. The molecule has 15 heteroatoms. The van der Waals surface area contributed by atoms with E-state index in [1.165, 1.54) is 19.2 Å². The summed E-state index contributed by atoms with van der Waals surface area (Å²) in [5, 5.41) is 44.3. The molecule has 14 nitrogen and oxygen atoms in total. The number of nitrogens with one attached hydrogen (secondary N) is 3. The van der Waals surface area contributed by atoms with Crippen molar-refractivity contribution in [2.24, 2.45) is 0 Å². The van der Waals surface area contributed by atoms with Gasteiger partial charge in [0.25, 0.3) is 0 Å². The van der Waals surface area contributed by atoms with Crippen molar-refractivity contribution in [3.05, 3.63) is 29.8 Å². The molecule has 0 amide bonds. The molecule has 10 atom stereocenters. The lowest BCUT2D eigenvalue weighted by atomic mass is 9.71. The van der Waals surface area contributed by atoms with Gasteiger partial charge in [-0.25, -0.2) is 4.57 Å². The highest BCUT2D eigenvalue weighted by Gasteiger charge is 2.72. The van der Waals surface area contributed by atoms with Crippen LogP contribution in [0.4, 0.5) is 0 Å². The van der Waals surface area contributed by atoms with Gasteiger partial charge in [-0.3, -0.25) is 9.79 Å².